The lowest BCUT2D eigenvalue weighted by Gasteiger charge is -2.43. The van der Waals surface area contributed by atoms with E-state index in [4.69, 9.17) is 9.15 Å². The van der Waals surface area contributed by atoms with Gasteiger partial charge in [-0.3, -0.25) is 9.69 Å². The van der Waals surface area contributed by atoms with E-state index in [0.717, 1.165) is 39.1 Å². The largest absolute Gasteiger partial charge is 0.467 e. The fraction of sp³-hybridized carbons (Fsp3) is 0.706. The highest BCUT2D eigenvalue weighted by molar-refractivity contribution is 5.77. The fourth-order valence-electron chi connectivity index (χ4n) is 3.92. The molecule has 23 heavy (non-hydrogen) atoms. The number of furan rings is 1. The molecule has 0 aromatic carbocycles. The Morgan fingerprint density at radius 2 is 2.09 bits per heavy atom. The molecule has 1 unspecified atom stereocenters. The first-order valence-electron chi connectivity index (χ1n) is 8.50. The number of aliphatic hydroxyl groups excluding tert-OH is 1. The van der Waals surface area contributed by atoms with Crippen LogP contribution in [-0.4, -0.2) is 54.4 Å². The van der Waals surface area contributed by atoms with Crippen LogP contribution in [0.2, 0.25) is 0 Å². The van der Waals surface area contributed by atoms with Gasteiger partial charge >= 0.3 is 0 Å². The molecule has 0 radical (unpaired) electrons. The number of carbonyl (C=O) groups excluding carboxylic acids is 1. The summed E-state index contributed by atoms with van der Waals surface area (Å²) in [6.45, 7) is 3.12. The Hall–Kier alpha value is -1.37. The summed E-state index contributed by atoms with van der Waals surface area (Å²) in [6, 6.07) is 3.06. The van der Waals surface area contributed by atoms with Crippen molar-refractivity contribution in [2.24, 2.45) is 0 Å². The second-order valence-corrected chi connectivity index (χ2v) is 6.53. The SMILES string of the molecule is O=C(CC1(N2CCOCC2)CCCC1)NC(CO)c1ccco1. The van der Waals surface area contributed by atoms with Crippen LogP contribution in [0.4, 0.5) is 0 Å². The minimum Gasteiger partial charge on any atom is -0.467 e. The van der Waals surface area contributed by atoms with Gasteiger partial charge in [-0.25, -0.2) is 0 Å². The second-order valence-electron chi connectivity index (χ2n) is 6.53. The van der Waals surface area contributed by atoms with Gasteiger partial charge in [-0.2, -0.15) is 0 Å². The summed E-state index contributed by atoms with van der Waals surface area (Å²) in [7, 11) is 0. The van der Waals surface area contributed by atoms with Crippen molar-refractivity contribution in [3.05, 3.63) is 24.2 Å². The van der Waals surface area contributed by atoms with Gasteiger partial charge in [-0.1, -0.05) is 12.8 Å². The van der Waals surface area contributed by atoms with Gasteiger partial charge in [0.1, 0.15) is 11.8 Å². The molecule has 1 aromatic rings. The van der Waals surface area contributed by atoms with Crippen molar-refractivity contribution in [2.75, 3.05) is 32.9 Å². The van der Waals surface area contributed by atoms with Gasteiger partial charge < -0.3 is 19.6 Å². The van der Waals surface area contributed by atoms with Gasteiger partial charge in [-0.05, 0) is 25.0 Å². The van der Waals surface area contributed by atoms with Crippen molar-refractivity contribution in [2.45, 2.75) is 43.7 Å². The maximum atomic E-state index is 12.6. The van der Waals surface area contributed by atoms with Crippen molar-refractivity contribution in [3.63, 3.8) is 0 Å². The van der Waals surface area contributed by atoms with Crippen LogP contribution >= 0.6 is 0 Å². The number of aliphatic hydroxyl groups is 1. The Morgan fingerprint density at radius 3 is 2.70 bits per heavy atom. The van der Waals surface area contributed by atoms with Crippen LogP contribution in [0.3, 0.4) is 0 Å². The first kappa shape index (κ1) is 16.5. The lowest BCUT2D eigenvalue weighted by atomic mass is 9.89. The van der Waals surface area contributed by atoms with Crippen LogP contribution in [0, 0.1) is 0 Å². The van der Waals surface area contributed by atoms with Crippen LogP contribution < -0.4 is 5.32 Å². The number of ether oxygens (including phenoxy) is 1. The zero-order valence-corrected chi connectivity index (χ0v) is 13.5. The van der Waals surface area contributed by atoms with Crippen molar-refractivity contribution >= 4 is 5.91 Å². The zero-order chi connectivity index (χ0) is 16.1. The van der Waals surface area contributed by atoms with Crippen LogP contribution in [0.15, 0.2) is 22.8 Å². The smallest absolute Gasteiger partial charge is 0.222 e. The molecule has 1 saturated heterocycles. The Labute approximate surface area is 136 Å². The number of amides is 1. The van der Waals surface area contributed by atoms with Crippen molar-refractivity contribution in [1.29, 1.82) is 0 Å². The highest BCUT2D eigenvalue weighted by Gasteiger charge is 2.42. The quantitative estimate of drug-likeness (QED) is 0.829. The molecule has 3 rings (SSSR count). The summed E-state index contributed by atoms with van der Waals surface area (Å²) in [5, 5.41) is 12.4. The number of nitrogens with zero attached hydrogens (tertiary/aromatic N) is 1. The lowest BCUT2D eigenvalue weighted by molar-refractivity contribution is -0.126. The highest BCUT2D eigenvalue weighted by atomic mass is 16.5. The van der Waals surface area contributed by atoms with Gasteiger partial charge in [0.25, 0.3) is 0 Å². The highest BCUT2D eigenvalue weighted by Crippen LogP contribution is 2.38. The second kappa shape index (κ2) is 7.47. The van der Waals surface area contributed by atoms with Gasteiger partial charge in [0.2, 0.25) is 5.91 Å². The molecule has 0 bridgehead atoms. The molecular formula is C17H26N2O4. The number of hydrogen-bond acceptors (Lipinski definition) is 5. The molecule has 2 fully saturated rings. The Balaban J connectivity index is 1.64. The summed E-state index contributed by atoms with van der Waals surface area (Å²) in [5.41, 5.74) is -0.0446. The summed E-state index contributed by atoms with van der Waals surface area (Å²) < 4.78 is 10.7. The molecule has 1 aliphatic heterocycles. The molecular weight excluding hydrogens is 296 g/mol. The topological polar surface area (TPSA) is 74.9 Å². The minimum absolute atomic E-state index is 0.0196. The van der Waals surface area contributed by atoms with E-state index in [0.29, 0.717) is 12.2 Å². The molecule has 2 N–H and O–H groups in total. The summed E-state index contributed by atoms with van der Waals surface area (Å²) in [4.78, 5) is 15.0. The third kappa shape index (κ3) is 3.76. The average Bonchev–Trinajstić information content (AvgIpc) is 3.26. The molecule has 0 spiro atoms. The van der Waals surface area contributed by atoms with E-state index in [1.807, 2.05) is 0 Å². The van der Waals surface area contributed by atoms with E-state index >= 15 is 0 Å². The normalized spacial score (nSPS) is 22.8. The van der Waals surface area contributed by atoms with Crippen molar-refractivity contribution in [1.82, 2.24) is 10.2 Å². The predicted molar refractivity (Wildman–Crippen MR) is 84.9 cm³/mol. The number of hydrogen-bond donors (Lipinski definition) is 2. The van der Waals surface area contributed by atoms with E-state index < -0.39 is 6.04 Å². The van der Waals surface area contributed by atoms with Crippen LogP contribution in [-0.2, 0) is 9.53 Å². The lowest BCUT2D eigenvalue weighted by Crippen LogP contribution is -2.54. The molecule has 1 amide bonds. The number of morpholine rings is 1. The molecule has 1 atom stereocenters. The van der Waals surface area contributed by atoms with Gasteiger partial charge in [0, 0.05) is 25.0 Å². The summed E-state index contributed by atoms with van der Waals surface area (Å²) >= 11 is 0. The molecule has 2 heterocycles. The maximum Gasteiger partial charge on any atom is 0.222 e. The van der Waals surface area contributed by atoms with E-state index in [2.05, 4.69) is 10.2 Å². The third-order valence-corrected chi connectivity index (χ3v) is 5.11. The van der Waals surface area contributed by atoms with E-state index in [1.165, 1.54) is 12.8 Å². The average molecular weight is 322 g/mol. The molecule has 2 aliphatic rings. The standard InChI is InChI=1S/C17H26N2O4/c20-13-14(15-4-3-9-23-15)18-16(21)12-17(5-1-2-6-17)19-7-10-22-11-8-19/h3-4,9,14,20H,1-2,5-8,10-13H2,(H,18,21). The molecule has 6 heteroatoms. The van der Waals surface area contributed by atoms with E-state index in [-0.39, 0.29) is 18.1 Å². The molecule has 1 aliphatic carbocycles. The predicted octanol–water partition coefficient (Wildman–Crippen LogP) is 1.46. The number of rotatable bonds is 6. The Kier molecular flexibility index (Phi) is 5.35. The zero-order valence-electron chi connectivity index (χ0n) is 13.5. The monoisotopic (exact) mass is 322 g/mol. The van der Waals surface area contributed by atoms with Crippen LogP contribution in [0.5, 0.6) is 0 Å². The summed E-state index contributed by atoms with van der Waals surface area (Å²) in [6.07, 6.45) is 6.50. The van der Waals surface area contributed by atoms with Crippen molar-refractivity contribution < 1.29 is 19.1 Å². The molecule has 1 saturated carbocycles. The minimum atomic E-state index is -0.472. The van der Waals surface area contributed by atoms with Crippen LogP contribution in [0.1, 0.15) is 43.9 Å². The van der Waals surface area contributed by atoms with Gasteiger partial charge in [-0.15, -0.1) is 0 Å². The Morgan fingerprint density at radius 1 is 1.35 bits per heavy atom. The van der Waals surface area contributed by atoms with E-state index in [1.54, 1.807) is 18.4 Å². The first-order valence-corrected chi connectivity index (χ1v) is 8.50. The third-order valence-electron chi connectivity index (χ3n) is 5.11. The van der Waals surface area contributed by atoms with Gasteiger partial charge in [0.05, 0.1) is 26.1 Å². The van der Waals surface area contributed by atoms with Gasteiger partial charge in [0.15, 0.2) is 0 Å². The first-order chi connectivity index (χ1) is 11.2. The van der Waals surface area contributed by atoms with Crippen LogP contribution in [0.25, 0.3) is 0 Å². The fourth-order valence-corrected chi connectivity index (χ4v) is 3.92. The summed E-state index contributed by atoms with van der Waals surface area (Å²) in [5.74, 6) is 0.571. The Bertz CT molecular complexity index is 491. The number of carbonyl (C=O) groups is 1. The van der Waals surface area contributed by atoms with E-state index in [9.17, 15) is 9.90 Å². The van der Waals surface area contributed by atoms with Crippen molar-refractivity contribution in [3.8, 4) is 0 Å². The maximum absolute atomic E-state index is 12.6. The molecule has 6 nitrogen and oxygen atoms in total. The molecule has 1 aromatic heterocycles. The number of nitrogens with one attached hydrogen (secondary N) is 1. The molecule has 128 valence electrons.